The number of para-hydroxylation sites is 1. The van der Waals surface area contributed by atoms with Gasteiger partial charge in [0.15, 0.2) is 0 Å². The van der Waals surface area contributed by atoms with Crippen molar-refractivity contribution in [1.29, 1.82) is 0 Å². The molecule has 1 atom stereocenters. The molecule has 2 aromatic carbocycles. The van der Waals surface area contributed by atoms with Gasteiger partial charge in [-0.2, -0.15) is 0 Å². The molecule has 0 amide bonds. The van der Waals surface area contributed by atoms with Gasteiger partial charge in [0.05, 0.1) is 23.9 Å². The summed E-state index contributed by atoms with van der Waals surface area (Å²) in [6.07, 6.45) is 1.80. The smallest absolute Gasteiger partial charge is 0.306 e. The third-order valence-electron chi connectivity index (χ3n) is 4.24. The number of methoxy groups -OCH3 is 1. The highest BCUT2D eigenvalue weighted by atomic mass is 32.2. The summed E-state index contributed by atoms with van der Waals surface area (Å²) >= 11 is 0. The standard InChI is InChI=1S/C19H19NO4S/c1-14(12-19(21)24-2)17-13-20(18-11-7-6-10-16(17)18)25(22,23)15-8-4-3-5-9-15/h3-11,13-14H,12H2,1-2H3/t14-/m0/s1. The van der Waals surface area contributed by atoms with Gasteiger partial charge in [-0.05, 0) is 29.7 Å². The van der Waals surface area contributed by atoms with E-state index >= 15 is 0 Å². The summed E-state index contributed by atoms with van der Waals surface area (Å²) in [5, 5.41) is 0.818. The van der Waals surface area contributed by atoms with E-state index in [-0.39, 0.29) is 23.2 Å². The molecule has 3 aromatic rings. The third kappa shape index (κ3) is 3.17. The second-order valence-corrected chi connectivity index (χ2v) is 7.71. The van der Waals surface area contributed by atoms with E-state index in [2.05, 4.69) is 0 Å². The van der Waals surface area contributed by atoms with Gasteiger partial charge in [-0.25, -0.2) is 12.4 Å². The minimum atomic E-state index is -3.71. The predicted octanol–water partition coefficient (Wildman–Crippen LogP) is 3.54. The summed E-state index contributed by atoms with van der Waals surface area (Å²) in [4.78, 5) is 11.8. The van der Waals surface area contributed by atoms with Crippen LogP contribution in [0.2, 0.25) is 0 Å². The first-order valence-corrected chi connectivity index (χ1v) is 9.36. The number of nitrogens with zero attached hydrogens (tertiary/aromatic N) is 1. The monoisotopic (exact) mass is 357 g/mol. The highest BCUT2D eigenvalue weighted by Crippen LogP contribution is 2.32. The lowest BCUT2D eigenvalue weighted by atomic mass is 9.97. The molecule has 0 radical (unpaired) electrons. The summed E-state index contributed by atoms with van der Waals surface area (Å²) < 4.78 is 32.1. The van der Waals surface area contributed by atoms with Gasteiger partial charge in [-0.1, -0.05) is 43.3 Å². The second kappa shape index (κ2) is 6.72. The van der Waals surface area contributed by atoms with E-state index in [0.29, 0.717) is 5.52 Å². The predicted molar refractivity (Wildman–Crippen MR) is 96.0 cm³/mol. The zero-order valence-electron chi connectivity index (χ0n) is 14.0. The molecule has 25 heavy (non-hydrogen) atoms. The van der Waals surface area contributed by atoms with Crippen molar-refractivity contribution < 1.29 is 17.9 Å². The lowest BCUT2D eigenvalue weighted by Gasteiger charge is -2.09. The molecule has 6 heteroatoms. The molecule has 0 N–H and O–H groups in total. The number of benzene rings is 2. The van der Waals surface area contributed by atoms with E-state index in [9.17, 15) is 13.2 Å². The van der Waals surface area contributed by atoms with E-state index in [0.717, 1.165) is 10.9 Å². The van der Waals surface area contributed by atoms with E-state index in [1.165, 1.54) is 11.1 Å². The Labute approximate surface area is 146 Å². The average Bonchev–Trinajstić information content (AvgIpc) is 3.03. The number of rotatable bonds is 5. The Morgan fingerprint density at radius 1 is 1.08 bits per heavy atom. The van der Waals surface area contributed by atoms with Crippen molar-refractivity contribution in [3.63, 3.8) is 0 Å². The maximum atomic E-state index is 13.0. The van der Waals surface area contributed by atoms with Crippen LogP contribution in [0.5, 0.6) is 0 Å². The Balaban J connectivity index is 2.16. The maximum absolute atomic E-state index is 13.0. The van der Waals surface area contributed by atoms with E-state index < -0.39 is 10.0 Å². The van der Waals surface area contributed by atoms with Crippen molar-refractivity contribution >= 4 is 26.9 Å². The topological polar surface area (TPSA) is 65.4 Å². The van der Waals surface area contributed by atoms with Crippen LogP contribution in [-0.4, -0.2) is 25.5 Å². The van der Waals surface area contributed by atoms with Crippen LogP contribution >= 0.6 is 0 Å². The molecule has 0 spiro atoms. The summed E-state index contributed by atoms with van der Waals surface area (Å²) in [6, 6.07) is 15.6. The van der Waals surface area contributed by atoms with Gasteiger partial charge in [0.1, 0.15) is 0 Å². The second-order valence-electron chi connectivity index (χ2n) is 5.90. The molecule has 1 aromatic heterocycles. The highest BCUT2D eigenvalue weighted by Gasteiger charge is 2.23. The van der Waals surface area contributed by atoms with Crippen LogP contribution in [0.1, 0.15) is 24.8 Å². The van der Waals surface area contributed by atoms with Crippen molar-refractivity contribution in [1.82, 2.24) is 3.97 Å². The molecule has 0 fully saturated rings. The summed E-state index contributed by atoms with van der Waals surface area (Å²) in [5.41, 5.74) is 1.40. The van der Waals surface area contributed by atoms with Gasteiger partial charge in [0.2, 0.25) is 0 Å². The van der Waals surface area contributed by atoms with Crippen LogP contribution in [0.3, 0.4) is 0 Å². The first-order chi connectivity index (χ1) is 11.9. The minimum Gasteiger partial charge on any atom is -0.469 e. The molecule has 0 aliphatic rings. The van der Waals surface area contributed by atoms with Crippen LogP contribution < -0.4 is 0 Å². The van der Waals surface area contributed by atoms with Crippen LogP contribution in [0.4, 0.5) is 0 Å². The number of fused-ring (bicyclic) bond motifs is 1. The van der Waals surface area contributed by atoms with Crippen LogP contribution in [0.15, 0.2) is 65.7 Å². The first-order valence-electron chi connectivity index (χ1n) is 7.92. The molecule has 5 nitrogen and oxygen atoms in total. The quantitative estimate of drug-likeness (QED) is 0.655. The molecular weight excluding hydrogens is 338 g/mol. The molecule has 0 saturated heterocycles. The summed E-state index contributed by atoms with van der Waals surface area (Å²) in [5.74, 6) is -0.486. The van der Waals surface area contributed by atoms with Gasteiger partial charge in [-0.3, -0.25) is 4.79 Å². The van der Waals surface area contributed by atoms with Crippen LogP contribution in [0, 0.1) is 0 Å². The number of ether oxygens (including phenoxy) is 1. The van der Waals surface area contributed by atoms with E-state index in [4.69, 9.17) is 4.74 Å². The number of aromatic nitrogens is 1. The van der Waals surface area contributed by atoms with Crippen LogP contribution in [0.25, 0.3) is 10.9 Å². The molecule has 0 unspecified atom stereocenters. The summed E-state index contributed by atoms with van der Waals surface area (Å²) in [7, 11) is -2.37. The fourth-order valence-electron chi connectivity index (χ4n) is 2.92. The zero-order valence-corrected chi connectivity index (χ0v) is 14.9. The third-order valence-corrected chi connectivity index (χ3v) is 5.93. The fraction of sp³-hybridized carbons (Fsp3) is 0.211. The van der Waals surface area contributed by atoms with Gasteiger partial charge in [-0.15, -0.1) is 0 Å². The normalized spacial score (nSPS) is 12.9. The molecular formula is C19H19NO4S. The molecule has 0 saturated carbocycles. The van der Waals surface area contributed by atoms with Crippen molar-refractivity contribution in [2.45, 2.75) is 24.2 Å². The van der Waals surface area contributed by atoms with Gasteiger partial charge in [0, 0.05) is 11.6 Å². The molecule has 130 valence electrons. The van der Waals surface area contributed by atoms with Gasteiger partial charge >= 0.3 is 5.97 Å². The van der Waals surface area contributed by atoms with Gasteiger partial charge < -0.3 is 4.74 Å². The minimum absolute atomic E-state index is 0.162. The van der Waals surface area contributed by atoms with Crippen molar-refractivity contribution in [2.24, 2.45) is 0 Å². The Hall–Kier alpha value is -2.60. The molecule has 3 rings (SSSR count). The van der Waals surface area contributed by atoms with Crippen molar-refractivity contribution in [3.05, 3.63) is 66.4 Å². The SMILES string of the molecule is COC(=O)C[C@H](C)c1cn(S(=O)(=O)c2ccccc2)c2ccccc12. The number of carbonyl (C=O) groups is 1. The molecule has 0 bridgehead atoms. The highest BCUT2D eigenvalue weighted by molar-refractivity contribution is 7.90. The Morgan fingerprint density at radius 3 is 2.40 bits per heavy atom. The molecule has 0 aliphatic heterocycles. The Kier molecular flexibility index (Phi) is 4.63. The van der Waals surface area contributed by atoms with E-state index in [1.807, 2.05) is 19.1 Å². The first kappa shape index (κ1) is 17.2. The number of esters is 1. The maximum Gasteiger partial charge on any atom is 0.306 e. The lowest BCUT2D eigenvalue weighted by Crippen LogP contribution is -2.12. The number of carbonyl (C=O) groups excluding carboxylic acids is 1. The number of hydrogen-bond acceptors (Lipinski definition) is 4. The molecule has 1 heterocycles. The average molecular weight is 357 g/mol. The zero-order chi connectivity index (χ0) is 18.0. The fourth-order valence-corrected chi connectivity index (χ4v) is 4.31. The van der Waals surface area contributed by atoms with Gasteiger partial charge in [0.25, 0.3) is 10.0 Å². The van der Waals surface area contributed by atoms with Crippen molar-refractivity contribution in [2.75, 3.05) is 7.11 Å². The number of hydrogen-bond donors (Lipinski definition) is 0. The van der Waals surface area contributed by atoms with Crippen LogP contribution in [-0.2, 0) is 19.6 Å². The Bertz CT molecular complexity index is 1010. The summed E-state index contributed by atoms with van der Waals surface area (Å²) in [6.45, 7) is 1.89. The largest absolute Gasteiger partial charge is 0.469 e. The lowest BCUT2D eigenvalue weighted by molar-refractivity contribution is -0.140. The molecule has 0 aliphatic carbocycles. The Morgan fingerprint density at radius 2 is 1.72 bits per heavy atom. The van der Waals surface area contributed by atoms with E-state index in [1.54, 1.807) is 48.7 Å². The van der Waals surface area contributed by atoms with Crippen molar-refractivity contribution in [3.8, 4) is 0 Å².